The molecule has 1 unspecified atom stereocenters. The number of rotatable bonds is 5. The minimum atomic E-state index is -0.215. The van der Waals surface area contributed by atoms with E-state index in [9.17, 15) is 4.39 Å². The Hall–Kier alpha value is -1.13. The Morgan fingerprint density at radius 1 is 1.50 bits per heavy atom. The molecule has 0 fully saturated rings. The van der Waals surface area contributed by atoms with Crippen LogP contribution in [-0.2, 0) is 6.42 Å². The van der Waals surface area contributed by atoms with Crippen LogP contribution >= 0.6 is 0 Å². The zero-order chi connectivity index (χ0) is 13.2. The molecule has 0 bridgehead atoms. The molecule has 1 heterocycles. The van der Waals surface area contributed by atoms with E-state index >= 15 is 0 Å². The van der Waals surface area contributed by atoms with Crippen LogP contribution in [0.5, 0.6) is 5.75 Å². The van der Waals surface area contributed by atoms with Gasteiger partial charge in [0.25, 0.3) is 0 Å². The summed E-state index contributed by atoms with van der Waals surface area (Å²) in [7, 11) is 0. The van der Waals surface area contributed by atoms with Crippen molar-refractivity contribution >= 4 is 0 Å². The molecule has 0 radical (unpaired) electrons. The van der Waals surface area contributed by atoms with Crippen molar-refractivity contribution in [3.05, 3.63) is 29.6 Å². The van der Waals surface area contributed by atoms with Crippen molar-refractivity contribution in [2.24, 2.45) is 5.41 Å². The van der Waals surface area contributed by atoms with Gasteiger partial charge in [0.05, 0.1) is 0 Å². The van der Waals surface area contributed by atoms with Crippen molar-refractivity contribution in [2.45, 2.75) is 26.4 Å². The number of ether oxygens (including phenoxy) is 1. The summed E-state index contributed by atoms with van der Waals surface area (Å²) >= 11 is 0. The quantitative estimate of drug-likeness (QED) is 0.840. The number of aliphatic hydroxyl groups excluding tert-OH is 1. The van der Waals surface area contributed by atoms with Crippen LogP contribution in [0.4, 0.5) is 4.39 Å². The molecule has 3 nitrogen and oxygen atoms in total. The number of fused-ring (bicyclic) bond motifs is 1. The molecule has 0 aromatic heterocycles. The summed E-state index contributed by atoms with van der Waals surface area (Å²) in [5.41, 5.74) is 0.806. The van der Waals surface area contributed by atoms with Gasteiger partial charge in [-0.05, 0) is 18.2 Å². The summed E-state index contributed by atoms with van der Waals surface area (Å²) in [6.45, 7) is 5.59. The van der Waals surface area contributed by atoms with Crippen LogP contribution in [0.1, 0.15) is 19.4 Å². The van der Waals surface area contributed by atoms with Gasteiger partial charge < -0.3 is 15.2 Å². The molecule has 0 aliphatic carbocycles. The average Bonchev–Trinajstić information content (AvgIpc) is 2.70. The Morgan fingerprint density at radius 3 is 3.00 bits per heavy atom. The lowest BCUT2D eigenvalue weighted by molar-refractivity contribution is 0.149. The maximum atomic E-state index is 13.0. The third kappa shape index (κ3) is 3.21. The lowest BCUT2D eigenvalue weighted by atomic mass is 9.95. The van der Waals surface area contributed by atoms with Crippen LogP contribution in [-0.4, -0.2) is 30.9 Å². The van der Waals surface area contributed by atoms with E-state index in [0.29, 0.717) is 6.54 Å². The molecule has 100 valence electrons. The highest BCUT2D eigenvalue weighted by molar-refractivity contribution is 5.37. The summed E-state index contributed by atoms with van der Waals surface area (Å²) in [4.78, 5) is 0. The Morgan fingerprint density at radius 2 is 2.28 bits per heavy atom. The first-order valence-corrected chi connectivity index (χ1v) is 6.27. The number of benzene rings is 1. The molecular formula is C14H20FNO2. The molecule has 1 aromatic carbocycles. The van der Waals surface area contributed by atoms with Crippen LogP contribution in [0.3, 0.4) is 0 Å². The van der Waals surface area contributed by atoms with Gasteiger partial charge in [-0.3, -0.25) is 0 Å². The zero-order valence-corrected chi connectivity index (χ0v) is 10.9. The van der Waals surface area contributed by atoms with Crippen molar-refractivity contribution in [1.82, 2.24) is 5.32 Å². The lowest BCUT2D eigenvalue weighted by Crippen LogP contribution is -2.37. The standard InChI is InChI=1S/C14H20FNO2/c1-14(2,9-17)8-16-7-12-6-10-5-11(15)3-4-13(10)18-12/h3-5,12,16-17H,6-9H2,1-2H3. The highest BCUT2D eigenvalue weighted by Gasteiger charge is 2.24. The summed E-state index contributed by atoms with van der Waals surface area (Å²) in [5.74, 6) is 0.567. The second-order valence-electron chi connectivity index (χ2n) is 5.65. The van der Waals surface area contributed by atoms with E-state index in [1.54, 1.807) is 6.07 Å². The maximum absolute atomic E-state index is 13.0. The zero-order valence-electron chi connectivity index (χ0n) is 10.9. The molecule has 0 amide bonds. The Balaban J connectivity index is 1.81. The van der Waals surface area contributed by atoms with Crippen molar-refractivity contribution in [1.29, 1.82) is 0 Å². The molecule has 0 saturated carbocycles. The van der Waals surface area contributed by atoms with E-state index in [4.69, 9.17) is 9.84 Å². The second-order valence-corrected chi connectivity index (χ2v) is 5.65. The third-order valence-electron chi connectivity index (χ3n) is 3.17. The molecule has 1 aromatic rings. The third-order valence-corrected chi connectivity index (χ3v) is 3.17. The van der Waals surface area contributed by atoms with Crippen molar-refractivity contribution in [2.75, 3.05) is 19.7 Å². The van der Waals surface area contributed by atoms with E-state index in [2.05, 4.69) is 5.32 Å². The van der Waals surface area contributed by atoms with Gasteiger partial charge in [-0.1, -0.05) is 13.8 Å². The monoisotopic (exact) mass is 253 g/mol. The summed E-state index contributed by atoms with van der Waals surface area (Å²) in [5, 5.41) is 12.4. The highest BCUT2D eigenvalue weighted by atomic mass is 19.1. The van der Waals surface area contributed by atoms with Crippen molar-refractivity contribution in [3.63, 3.8) is 0 Å². The van der Waals surface area contributed by atoms with Crippen molar-refractivity contribution in [3.8, 4) is 5.75 Å². The Bertz CT molecular complexity index is 420. The fraction of sp³-hybridized carbons (Fsp3) is 0.571. The van der Waals surface area contributed by atoms with E-state index < -0.39 is 0 Å². The Kier molecular flexibility index (Phi) is 3.88. The van der Waals surface area contributed by atoms with Gasteiger partial charge in [-0.15, -0.1) is 0 Å². The fourth-order valence-corrected chi connectivity index (χ4v) is 2.03. The molecule has 18 heavy (non-hydrogen) atoms. The van der Waals surface area contributed by atoms with Gasteiger partial charge in [-0.2, -0.15) is 0 Å². The van der Waals surface area contributed by atoms with Crippen LogP contribution < -0.4 is 10.1 Å². The SMILES string of the molecule is CC(C)(CO)CNCC1Cc2cc(F)ccc2O1. The lowest BCUT2D eigenvalue weighted by Gasteiger charge is -2.23. The van der Waals surface area contributed by atoms with Gasteiger partial charge >= 0.3 is 0 Å². The largest absolute Gasteiger partial charge is 0.488 e. The molecule has 0 spiro atoms. The molecule has 1 aliphatic heterocycles. The smallest absolute Gasteiger partial charge is 0.123 e. The predicted molar refractivity (Wildman–Crippen MR) is 68.3 cm³/mol. The fourth-order valence-electron chi connectivity index (χ4n) is 2.03. The van der Waals surface area contributed by atoms with Gasteiger partial charge in [0.1, 0.15) is 17.7 Å². The molecule has 1 atom stereocenters. The molecule has 0 saturated heterocycles. The molecule has 2 N–H and O–H groups in total. The second kappa shape index (κ2) is 5.24. The first-order chi connectivity index (χ1) is 8.50. The molecular weight excluding hydrogens is 233 g/mol. The number of halogens is 1. The molecule has 2 rings (SSSR count). The number of aliphatic hydroxyl groups is 1. The van der Waals surface area contributed by atoms with Crippen LogP contribution in [0, 0.1) is 11.2 Å². The summed E-state index contributed by atoms with van der Waals surface area (Å²) in [6, 6.07) is 4.64. The van der Waals surface area contributed by atoms with Crippen LogP contribution in [0.2, 0.25) is 0 Å². The molecule has 4 heteroatoms. The van der Waals surface area contributed by atoms with E-state index in [0.717, 1.165) is 24.3 Å². The van der Waals surface area contributed by atoms with Crippen LogP contribution in [0.25, 0.3) is 0 Å². The minimum Gasteiger partial charge on any atom is -0.488 e. The average molecular weight is 253 g/mol. The van der Waals surface area contributed by atoms with E-state index in [-0.39, 0.29) is 23.9 Å². The first kappa shape index (κ1) is 13.3. The van der Waals surface area contributed by atoms with Gasteiger partial charge in [0.2, 0.25) is 0 Å². The summed E-state index contributed by atoms with van der Waals surface area (Å²) < 4.78 is 18.8. The minimum absolute atomic E-state index is 0.0521. The number of nitrogens with one attached hydrogen (secondary N) is 1. The number of hydrogen-bond donors (Lipinski definition) is 2. The topological polar surface area (TPSA) is 41.5 Å². The maximum Gasteiger partial charge on any atom is 0.123 e. The summed E-state index contributed by atoms with van der Waals surface area (Å²) in [6.07, 6.45) is 0.788. The van der Waals surface area contributed by atoms with Gasteiger partial charge in [0.15, 0.2) is 0 Å². The first-order valence-electron chi connectivity index (χ1n) is 6.27. The van der Waals surface area contributed by atoms with E-state index in [1.165, 1.54) is 12.1 Å². The normalized spacial score (nSPS) is 18.6. The van der Waals surface area contributed by atoms with E-state index in [1.807, 2.05) is 13.8 Å². The van der Waals surface area contributed by atoms with Gasteiger partial charge in [0, 0.05) is 37.1 Å². The van der Waals surface area contributed by atoms with Crippen LogP contribution in [0.15, 0.2) is 18.2 Å². The molecule has 1 aliphatic rings. The number of hydrogen-bond acceptors (Lipinski definition) is 3. The Labute approximate surface area is 107 Å². The highest BCUT2D eigenvalue weighted by Crippen LogP contribution is 2.29. The predicted octanol–water partition coefficient (Wildman–Crippen LogP) is 1.74. The van der Waals surface area contributed by atoms with Gasteiger partial charge in [-0.25, -0.2) is 4.39 Å². The van der Waals surface area contributed by atoms with Crippen molar-refractivity contribution < 1.29 is 14.2 Å².